The van der Waals surface area contributed by atoms with E-state index in [1.165, 1.54) is 12.3 Å². The van der Waals surface area contributed by atoms with Gasteiger partial charge in [-0.15, -0.1) is 0 Å². The number of rotatable bonds is 4. The molecule has 0 aliphatic carbocycles. The molecule has 0 spiro atoms. The number of benzene rings is 1. The van der Waals surface area contributed by atoms with E-state index in [9.17, 15) is 26.4 Å². The number of aromatic nitrogens is 1. The second-order valence-electron chi connectivity index (χ2n) is 5.51. The first-order valence-corrected chi connectivity index (χ1v) is 9.67. The van der Waals surface area contributed by atoms with Gasteiger partial charge in [0.15, 0.2) is 5.13 Å². The molecule has 0 unspecified atom stereocenters. The van der Waals surface area contributed by atoms with Crippen molar-refractivity contribution in [3.8, 4) is 0 Å². The quantitative estimate of drug-likeness (QED) is 0.750. The first-order chi connectivity index (χ1) is 11.7. The fourth-order valence-electron chi connectivity index (χ4n) is 2.50. The van der Waals surface area contributed by atoms with E-state index in [0.29, 0.717) is 5.13 Å². The van der Waals surface area contributed by atoms with Crippen molar-refractivity contribution in [1.29, 1.82) is 0 Å². The lowest BCUT2D eigenvalue weighted by molar-refractivity contribution is -0.0436. The summed E-state index contributed by atoms with van der Waals surface area (Å²) in [4.78, 5) is 18.0. The van der Waals surface area contributed by atoms with Gasteiger partial charge in [-0.3, -0.25) is 4.79 Å². The molecule has 1 fully saturated rings. The Morgan fingerprint density at radius 2 is 1.88 bits per heavy atom. The van der Waals surface area contributed by atoms with Crippen molar-refractivity contribution in [2.75, 3.05) is 18.0 Å². The topological polar surface area (TPSA) is 67.3 Å². The molecular formula is C15H13F3N2O3S2. The first-order valence-electron chi connectivity index (χ1n) is 7.37. The number of alkyl halides is 3. The lowest BCUT2D eigenvalue weighted by Gasteiger charge is -2.12. The van der Waals surface area contributed by atoms with Crippen molar-refractivity contribution in [2.24, 2.45) is 0 Å². The average molecular weight is 390 g/mol. The number of hydrogen-bond donors (Lipinski definition) is 0. The standard InChI is InChI=1S/C15H13F3N2O3S2/c16-15(17,18)25(22,23)11-5-3-4-10(8-11)13(21)12-9-19-14(24-12)20-6-1-2-7-20/h3-5,8-9H,1-2,6-7H2. The SMILES string of the molecule is O=C(c1cccc(S(=O)(=O)C(F)(F)F)c1)c1cnc(N2CCCC2)s1. The van der Waals surface area contributed by atoms with Crippen LogP contribution in [0.2, 0.25) is 0 Å². The smallest absolute Gasteiger partial charge is 0.348 e. The van der Waals surface area contributed by atoms with Crippen LogP contribution in [-0.4, -0.2) is 37.8 Å². The summed E-state index contributed by atoms with van der Waals surface area (Å²) in [5.41, 5.74) is -5.54. The normalized spacial score (nSPS) is 15.6. The Morgan fingerprint density at radius 3 is 2.52 bits per heavy atom. The summed E-state index contributed by atoms with van der Waals surface area (Å²) < 4.78 is 61.0. The maximum absolute atomic E-state index is 12.7. The lowest BCUT2D eigenvalue weighted by atomic mass is 10.1. The molecule has 1 aromatic carbocycles. The van der Waals surface area contributed by atoms with Crippen LogP contribution in [0.4, 0.5) is 18.3 Å². The van der Waals surface area contributed by atoms with Crippen LogP contribution in [-0.2, 0) is 9.84 Å². The average Bonchev–Trinajstić information content (AvgIpc) is 3.24. The van der Waals surface area contributed by atoms with E-state index in [4.69, 9.17) is 0 Å². The summed E-state index contributed by atoms with van der Waals surface area (Å²) in [6.07, 6.45) is 3.45. The van der Waals surface area contributed by atoms with E-state index in [1.807, 2.05) is 4.90 Å². The zero-order valence-corrected chi connectivity index (χ0v) is 14.4. The van der Waals surface area contributed by atoms with Crippen LogP contribution in [0.15, 0.2) is 35.4 Å². The Labute approximate surface area is 146 Å². The molecule has 1 aliphatic rings. The Balaban J connectivity index is 1.90. The van der Waals surface area contributed by atoms with Gasteiger partial charge in [0.1, 0.15) is 0 Å². The summed E-state index contributed by atoms with van der Waals surface area (Å²) in [7, 11) is -5.50. The molecule has 134 valence electrons. The Bertz CT molecular complexity index is 901. The molecule has 2 aromatic rings. The number of sulfone groups is 1. The highest BCUT2D eigenvalue weighted by atomic mass is 32.2. The van der Waals surface area contributed by atoms with Gasteiger partial charge in [-0.25, -0.2) is 13.4 Å². The Hall–Kier alpha value is -1.94. The summed E-state index contributed by atoms with van der Waals surface area (Å²) in [5.74, 6) is -0.554. The molecule has 0 atom stereocenters. The van der Waals surface area contributed by atoms with Gasteiger partial charge in [-0.05, 0) is 25.0 Å². The molecule has 5 nitrogen and oxygen atoms in total. The summed E-state index contributed by atoms with van der Waals surface area (Å²) in [5, 5.41) is 0.680. The van der Waals surface area contributed by atoms with Gasteiger partial charge in [0, 0.05) is 18.7 Å². The van der Waals surface area contributed by atoms with Crippen molar-refractivity contribution in [2.45, 2.75) is 23.2 Å². The number of carbonyl (C=O) groups is 1. The first kappa shape index (κ1) is 17.9. The molecule has 0 amide bonds. The third-order valence-electron chi connectivity index (χ3n) is 3.81. The maximum Gasteiger partial charge on any atom is 0.501 e. The van der Waals surface area contributed by atoms with Crippen molar-refractivity contribution in [3.05, 3.63) is 40.9 Å². The number of thiazole rings is 1. The van der Waals surface area contributed by atoms with E-state index in [-0.39, 0.29) is 10.4 Å². The highest BCUT2D eigenvalue weighted by Gasteiger charge is 2.47. The molecule has 0 saturated carbocycles. The predicted molar refractivity (Wildman–Crippen MR) is 86.7 cm³/mol. The van der Waals surface area contributed by atoms with Crippen LogP contribution in [0.1, 0.15) is 28.1 Å². The Morgan fingerprint density at radius 1 is 1.20 bits per heavy atom. The zero-order chi connectivity index (χ0) is 18.2. The third kappa shape index (κ3) is 3.40. The number of ketones is 1. The second-order valence-corrected chi connectivity index (χ2v) is 8.46. The minimum absolute atomic E-state index is 0.123. The van der Waals surface area contributed by atoms with E-state index in [2.05, 4.69) is 4.98 Å². The monoisotopic (exact) mass is 390 g/mol. The van der Waals surface area contributed by atoms with Gasteiger partial charge >= 0.3 is 5.51 Å². The van der Waals surface area contributed by atoms with E-state index >= 15 is 0 Å². The van der Waals surface area contributed by atoms with E-state index in [1.54, 1.807) is 0 Å². The number of carbonyl (C=O) groups excluding carboxylic acids is 1. The fraction of sp³-hybridized carbons (Fsp3) is 0.333. The second kappa shape index (κ2) is 6.41. The number of hydrogen-bond acceptors (Lipinski definition) is 6. The highest BCUT2D eigenvalue weighted by Crippen LogP contribution is 2.32. The molecule has 0 bridgehead atoms. The molecule has 2 heterocycles. The largest absolute Gasteiger partial charge is 0.501 e. The molecule has 1 aliphatic heterocycles. The predicted octanol–water partition coefficient (Wildman–Crippen LogP) is 3.27. The summed E-state index contributed by atoms with van der Waals surface area (Å²) in [6.45, 7) is 1.70. The van der Waals surface area contributed by atoms with Crippen molar-refractivity contribution in [3.63, 3.8) is 0 Å². The minimum atomic E-state index is -5.50. The molecule has 3 rings (SSSR count). The number of halogens is 3. The van der Waals surface area contributed by atoms with E-state index < -0.39 is 26.0 Å². The van der Waals surface area contributed by atoms with Crippen LogP contribution < -0.4 is 4.90 Å². The molecule has 1 aromatic heterocycles. The van der Waals surface area contributed by atoms with Crippen LogP contribution in [0.3, 0.4) is 0 Å². The van der Waals surface area contributed by atoms with Gasteiger partial charge in [0.25, 0.3) is 9.84 Å². The molecule has 0 N–H and O–H groups in total. The van der Waals surface area contributed by atoms with Gasteiger partial charge in [-0.2, -0.15) is 13.2 Å². The lowest BCUT2D eigenvalue weighted by Crippen LogP contribution is -2.23. The maximum atomic E-state index is 12.7. The van der Waals surface area contributed by atoms with Gasteiger partial charge in [0.2, 0.25) is 5.78 Å². The van der Waals surface area contributed by atoms with Crippen molar-refractivity contribution >= 4 is 32.1 Å². The van der Waals surface area contributed by atoms with Gasteiger partial charge in [-0.1, -0.05) is 23.5 Å². The highest BCUT2D eigenvalue weighted by molar-refractivity contribution is 7.92. The van der Waals surface area contributed by atoms with Crippen LogP contribution in [0.25, 0.3) is 0 Å². The zero-order valence-electron chi connectivity index (χ0n) is 12.8. The third-order valence-corrected chi connectivity index (χ3v) is 6.35. The number of nitrogens with zero attached hydrogens (tertiary/aromatic N) is 2. The summed E-state index contributed by atoms with van der Waals surface area (Å²) >= 11 is 1.15. The molecule has 10 heteroatoms. The van der Waals surface area contributed by atoms with Crippen LogP contribution in [0, 0.1) is 0 Å². The van der Waals surface area contributed by atoms with Gasteiger partial charge in [0.05, 0.1) is 16.0 Å². The van der Waals surface area contributed by atoms with Crippen LogP contribution in [0.5, 0.6) is 0 Å². The fourth-order valence-corrected chi connectivity index (χ4v) is 4.24. The Kier molecular flexibility index (Phi) is 4.58. The van der Waals surface area contributed by atoms with Gasteiger partial charge < -0.3 is 4.90 Å². The van der Waals surface area contributed by atoms with Crippen molar-refractivity contribution in [1.82, 2.24) is 4.98 Å². The molecular weight excluding hydrogens is 377 g/mol. The molecule has 0 radical (unpaired) electrons. The number of anilines is 1. The molecule has 1 saturated heterocycles. The minimum Gasteiger partial charge on any atom is -0.348 e. The van der Waals surface area contributed by atoms with Crippen molar-refractivity contribution < 1.29 is 26.4 Å². The van der Waals surface area contributed by atoms with E-state index in [0.717, 1.165) is 55.5 Å². The van der Waals surface area contributed by atoms with Crippen LogP contribution >= 0.6 is 11.3 Å². The summed E-state index contributed by atoms with van der Waals surface area (Å²) in [6, 6.07) is 3.98. The molecule has 25 heavy (non-hydrogen) atoms.